The van der Waals surface area contributed by atoms with Gasteiger partial charge in [0.2, 0.25) is 0 Å². The number of likely N-dealkylation sites (tertiary alicyclic amines) is 1. The molecule has 5 heteroatoms. The molecule has 0 spiro atoms. The van der Waals surface area contributed by atoms with Crippen LogP contribution in [0.4, 0.5) is 0 Å². The fourth-order valence-electron chi connectivity index (χ4n) is 2.44. The average Bonchev–Trinajstić information content (AvgIpc) is 2.39. The fraction of sp³-hybridized carbons (Fsp3) is 0.938. The highest BCUT2D eigenvalue weighted by molar-refractivity contribution is 14.0. The Hall–Kier alpha value is -0.0400. The molecule has 1 rings (SSSR count). The quantitative estimate of drug-likeness (QED) is 0.302. The van der Waals surface area contributed by atoms with Crippen LogP contribution in [0.3, 0.4) is 0 Å². The van der Waals surface area contributed by atoms with E-state index in [9.17, 15) is 0 Å². The van der Waals surface area contributed by atoms with Gasteiger partial charge in [-0.25, -0.2) is 0 Å². The molecule has 0 saturated carbocycles. The van der Waals surface area contributed by atoms with E-state index < -0.39 is 0 Å². The first-order chi connectivity index (χ1) is 9.36. The molecule has 1 fully saturated rings. The maximum Gasteiger partial charge on any atom is 0.194 e. The Kier molecular flexibility index (Phi) is 9.16. The summed E-state index contributed by atoms with van der Waals surface area (Å²) in [5, 5.41) is 3.42. The lowest BCUT2D eigenvalue weighted by Crippen LogP contribution is -2.72. The summed E-state index contributed by atoms with van der Waals surface area (Å²) in [5.41, 5.74) is 0.511. The number of unbranched alkanes of at least 4 members (excludes halogenated alkanes) is 1. The van der Waals surface area contributed by atoms with E-state index in [2.05, 4.69) is 44.8 Å². The molecule has 0 unspecified atom stereocenters. The molecule has 4 nitrogen and oxygen atoms in total. The Balaban J connectivity index is 0.00000400. The molecule has 0 aromatic heterocycles. The van der Waals surface area contributed by atoms with Crippen LogP contribution in [0.5, 0.6) is 0 Å². The normalized spacial score (nSPS) is 19.7. The van der Waals surface area contributed by atoms with Crippen LogP contribution in [0.2, 0.25) is 0 Å². The highest BCUT2D eigenvalue weighted by Gasteiger charge is 2.53. The maximum atomic E-state index is 5.35. The van der Waals surface area contributed by atoms with Crippen LogP contribution < -0.4 is 5.32 Å². The number of ether oxygens (including phenoxy) is 1. The van der Waals surface area contributed by atoms with Crippen LogP contribution in [0.1, 0.15) is 54.4 Å². The number of nitrogens with one attached hydrogen (secondary N) is 1. The van der Waals surface area contributed by atoms with E-state index in [1.165, 1.54) is 0 Å². The van der Waals surface area contributed by atoms with Crippen LogP contribution in [0, 0.1) is 5.41 Å². The van der Waals surface area contributed by atoms with E-state index >= 15 is 0 Å². The minimum atomic E-state index is 0. The summed E-state index contributed by atoms with van der Waals surface area (Å²) in [7, 11) is 0. The van der Waals surface area contributed by atoms with Crippen molar-refractivity contribution in [1.29, 1.82) is 0 Å². The van der Waals surface area contributed by atoms with Crippen molar-refractivity contribution in [3.63, 3.8) is 0 Å². The molecule has 0 aliphatic carbocycles. The topological polar surface area (TPSA) is 36.9 Å². The number of guanidine groups is 1. The SMILES string of the molecule is CCNC(=NCCCCOCC)N1CC(C)(C)C1(C)C.I. The third kappa shape index (κ3) is 5.27. The molecule has 126 valence electrons. The molecule has 1 aliphatic rings. The van der Waals surface area contributed by atoms with Gasteiger partial charge in [0, 0.05) is 43.8 Å². The van der Waals surface area contributed by atoms with Crippen molar-refractivity contribution in [2.45, 2.75) is 59.9 Å². The van der Waals surface area contributed by atoms with E-state index in [0.29, 0.717) is 5.41 Å². The van der Waals surface area contributed by atoms with Gasteiger partial charge in [0.1, 0.15) is 0 Å². The van der Waals surface area contributed by atoms with Crippen molar-refractivity contribution in [3.05, 3.63) is 0 Å². The molecule has 0 amide bonds. The van der Waals surface area contributed by atoms with E-state index in [4.69, 9.17) is 9.73 Å². The number of rotatable bonds is 7. The number of halogens is 1. The van der Waals surface area contributed by atoms with Crippen molar-refractivity contribution in [2.75, 3.05) is 32.8 Å². The second-order valence-electron chi connectivity index (χ2n) is 6.67. The van der Waals surface area contributed by atoms with Gasteiger partial charge < -0.3 is 15.0 Å². The lowest BCUT2D eigenvalue weighted by Gasteiger charge is -2.62. The maximum absolute atomic E-state index is 5.35. The predicted octanol–water partition coefficient (Wildman–Crippen LogP) is 3.51. The molecule has 0 bridgehead atoms. The van der Waals surface area contributed by atoms with Crippen molar-refractivity contribution in [1.82, 2.24) is 10.2 Å². The second-order valence-corrected chi connectivity index (χ2v) is 6.67. The van der Waals surface area contributed by atoms with E-state index in [1.54, 1.807) is 0 Å². The van der Waals surface area contributed by atoms with Crippen LogP contribution >= 0.6 is 24.0 Å². The Morgan fingerprint density at radius 3 is 2.33 bits per heavy atom. The highest BCUT2D eigenvalue weighted by atomic mass is 127. The van der Waals surface area contributed by atoms with Crippen molar-refractivity contribution >= 4 is 29.9 Å². The summed E-state index contributed by atoms with van der Waals surface area (Å²) in [6.45, 7) is 18.0. The minimum absolute atomic E-state index is 0. The van der Waals surface area contributed by atoms with Gasteiger partial charge in [0.15, 0.2) is 5.96 Å². The Morgan fingerprint density at radius 2 is 1.86 bits per heavy atom. The van der Waals surface area contributed by atoms with Crippen LogP contribution in [-0.2, 0) is 4.74 Å². The molecule has 1 N–H and O–H groups in total. The second kappa shape index (κ2) is 9.18. The number of aliphatic imine (C=N–C) groups is 1. The van der Waals surface area contributed by atoms with Gasteiger partial charge in [-0.3, -0.25) is 4.99 Å². The summed E-state index contributed by atoms with van der Waals surface area (Å²) in [4.78, 5) is 7.17. The van der Waals surface area contributed by atoms with Gasteiger partial charge >= 0.3 is 0 Å². The van der Waals surface area contributed by atoms with Gasteiger partial charge in [-0.15, -0.1) is 24.0 Å². The Morgan fingerprint density at radius 1 is 1.19 bits per heavy atom. The minimum Gasteiger partial charge on any atom is -0.382 e. The van der Waals surface area contributed by atoms with E-state index in [1.807, 2.05) is 6.92 Å². The first-order valence-electron chi connectivity index (χ1n) is 8.00. The van der Waals surface area contributed by atoms with Crippen LogP contribution in [0.15, 0.2) is 4.99 Å². The van der Waals surface area contributed by atoms with Crippen molar-refractivity contribution in [2.24, 2.45) is 10.4 Å². The molecular formula is C16H34IN3O. The molecule has 21 heavy (non-hydrogen) atoms. The first-order valence-corrected chi connectivity index (χ1v) is 8.00. The molecular weight excluding hydrogens is 377 g/mol. The largest absolute Gasteiger partial charge is 0.382 e. The first kappa shape index (κ1) is 21.0. The van der Waals surface area contributed by atoms with Gasteiger partial charge in [-0.1, -0.05) is 13.8 Å². The lowest BCUT2D eigenvalue weighted by molar-refractivity contribution is -0.0667. The molecule has 1 saturated heterocycles. The number of nitrogens with zero attached hydrogens (tertiary/aromatic N) is 2. The Labute approximate surface area is 148 Å². The van der Waals surface area contributed by atoms with Crippen molar-refractivity contribution in [3.8, 4) is 0 Å². The smallest absolute Gasteiger partial charge is 0.194 e. The summed E-state index contributed by atoms with van der Waals surface area (Å²) >= 11 is 0. The molecule has 1 aliphatic heterocycles. The standard InChI is InChI=1S/C16H33N3O.HI/c1-7-17-14(18-11-9-10-12-20-8-2)19-13-15(3,4)16(19,5)6;/h7-13H2,1-6H3,(H,17,18);1H. The zero-order chi connectivity index (χ0) is 15.2. The summed E-state index contributed by atoms with van der Waals surface area (Å²) < 4.78 is 5.35. The third-order valence-electron chi connectivity index (χ3n) is 4.64. The summed E-state index contributed by atoms with van der Waals surface area (Å²) in [5.74, 6) is 1.06. The molecule has 1 heterocycles. The van der Waals surface area contributed by atoms with Gasteiger partial charge in [-0.05, 0) is 40.5 Å². The van der Waals surface area contributed by atoms with Crippen LogP contribution in [-0.4, -0.2) is 49.2 Å². The molecule has 0 radical (unpaired) electrons. The predicted molar refractivity (Wildman–Crippen MR) is 102 cm³/mol. The molecule has 0 aromatic carbocycles. The highest BCUT2D eigenvalue weighted by Crippen LogP contribution is 2.46. The third-order valence-corrected chi connectivity index (χ3v) is 4.64. The Bertz CT molecular complexity index is 329. The monoisotopic (exact) mass is 411 g/mol. The lowest BCUT2D eigenvalue weighted by atomic mass is 9.65. The van der Waals surface area contributed by atoms with Gasteiger partial charge in [0.25, 0.3) is 0 Å². The number of hydrogen-bond donors (Lipinski definition) is 1. The average molecular weight is 411 g/mol. The molecule has 0 atom stereocenters. The van der Waals surface area contributed by atoms with Gasteiger partial charge in [0.05, 0.1) is 0 Å². The molecule has 0 aromatic rings. The van der Waals surface area contributed by atoms with Gasteiger partial charge in [-0.2, -0.15) is 0 Å². The van der Waals surface area contributed by atoms with E-state index in [0.717, 1.165) is 51.6 Å². The fourth-order valence-corrected chi connectivity index (χ4v) is 2.44. The summed E-state index contributed by atoms with van der Waals surface area (Å²) in [6.07, 6.45) is 2.18. The zero-order valence-electron chi connectivity index (χ0n) is 14.7. The zero-order valence-corrected chi connectivity index (χ0v) is 17.0. The summed E-state index contributed by atoms with van der Waals surface area (Å²) in [6, 6.07) is 0. The van der Waals surface area contributed by atoms with Crippen LogP contribution in [0.25, 0.3) is 0 Å². The van der Waals surface area contributed by atoms with Crippen molar-refractivity contribution < 1.29 is 4.74 Å². The van der Waals surface area contributed by atoms with E-state index in [-0.39, 0.29) is 29.5 Å². The number of hydrogen-bond acceptors (Lipinski definition) is 2.